The summed E-state index contributed by atoms with van der Waals surface area (Å²) in [5.74, 6) is -0.932. The minimum atomic E-state index is -0.932. The van der Waals surface area contributed by atoms with Crippen molar-refractivity contribution in [2.45, 2.75) is 25.3 Å². The van der Waals surface area contributed by atoms with E-state index in [1.165, 1.54) is 0 Å². The number of hydrogen-bond donors (Lipinski definition) is 1. The Hall–Kier alpha value is -1.19. The molecule has 1 rings (SSSR count). The molecule has 11 heavy (non-hydrogen) atoms. The second-order valence-corrected chi connectivity index (χ2v) is 2.58. The number of nitrogens with zero attached hydrogens (tertiary/aromatic N) is 1. The summed E-state index contributed by atoms with van der Waals surface area (Å²) < 4.78 is 0. The van der Waals surface area contributed by atoms with Gasteiger partial charge < -0.3 is 5.11 Å². The molecule has 0 aromatic rings. The maximum absolute atomic E-state index is 10.4. The number of carbonyl (C=O) groups is 1. The van der Waals surface area contributed by atoms with E-state index in [4.69, 9.17) is 5.11 Å². The molecule has 1 aliphatic carbocycles. The second kappa shape index (κ2) is 3.27. The van der Waals surface area contributed by atoms with E-state index in [2.05, 4.69) is 5.18 Å². The monoisotopic (exact) mass is 155 g/mol. The molecule has 0 aromatic heterocycles. The minimum absolute atomic E-state index is 0.291. The Balaban J connectivity index is 2.62. The first-order valence-electron chi connectivity index (χ1n) is 3.49. The molecular formula is C7H9NO3. The molecular weight excluding hydrogens is 146 g/mol. The number of rotatable bonds is 2. The molecule has 0 amide bonds. The van der Waals surface area contributed by atoms with Crippen LogP contribution in [0.15, 0.2) is 16.8 Å². The lowest BCUT2D eigenvalue weighted by molar-refractivity contribution is -0.132. The van der Waals surface area contributed by atoms with Crippen LogP contribution in [-0.2, 0) is 4.79 Å². The average molecular weight is 155 g/mol. The number of carboxylic acid groups (broad SMARTS) is 1. The van der Waals surface area contributed by atoms with Crippen molar-refractivity contribution in [3.8, 4) is 0 Å². The Kier molecular flexibility index (Phi) is 2.36. The molecule has 0 aromatic carbocycles. The van der Waals surface area contributed by atoms with Crippen LogP contribution in [-0.4, -0.2) is 17.1 Å². The molecule has 0 saturated heterocycles. The number of carboxylic acids is 1. The fraction of sp³-hybridized carbons (Fsp3) is 0.571. The van der Waals surface area contributed by atoms with Gasteiger partial charge in [0.15, 0.2) is 0 Å². The van der Waals surface area contributed by atoms with Gasteiger partial charge in [-0.2, -0.15) is 4.91 Å². The summed E-state index contributed by atoms with van der Waals surface area (Å²) in [6.45, 7) is 0. The maximum Gasteiger partial charge on any atom is 0.331 e. The fourth-order valence-corrected chi connectivity index (χ4v) is 1.15. The molecule has 1 N–H and O–H groups in total. The van der Waals surface area contributed by atoms with Crippen LogP contribution in [0.4, 0.5) is 0 Å². The first kappa shape index (κ1) is 7.91. The van der Waals surface area contributed by atoms with Gasteiger partial charge in [0.05, 0.1) is 6.04 Å². The summed E-state index contributed by atoms with van der Waals surface area (Å²) in [7, 11) is 0. The zero-order valence-electron chi connectivity index (χ0n) is 5.99. The van der Waals surface area contributed by atoms with E-state index >= 15 is 0 Å². The van der Waals surface area contributed by atoms with Crippen molar-refractivity contribution in [2.24, 2.45) is 5.18 Å². The van der Waals surface area contributed by atoms with Crippen molar-refractivity contribution < 1.29 is 9.90 Å². The van der Waals surface area contributed by atoms with Gasteiger partial charge in [0.1, 0.15) is 0 Å². The van der Waals surface area contributed by atoms with Crippen LogP contribution < -0.4 is 0 Å². The lowest BCUT2D eigenvalue weighted by Crippen LogP contribution is -2.14. The number of allylic oxidation sites excluding steroid dienone is 1. The lowest BCUT2D eigenvalue weighted by Gasteiger charge is -2.13. The van der Waals surface area contributed by atoms with Gasteiger partial charge in [-0.3, -0.25) is 0 Å². The van der Waals surface area contributed by atoms with Crippen molar-refractivity contribution in [1.82, 2.24) is 0 Å². The summed E-state index contributed by atoms with van der Waals surface area (Å²) in [4.78, 5) is 20.5. The van der Waals surface area contributed by atoms with Gasteiger partial charge in [-0.05, 0) is 12.8 Å². The topological polar surface area (TPSA) is 66.7 Å². The Morgan fingerprint density at radius 2 is 2.45 bits per heavy atom. The van der Waals surface area contributed by atoms with E-state index in [9.17, 15) is 9.70 Å². The maximum atomic E-state index is 10.4. The molecule has 4 nitrogen and oxygen atoms in total. The van der Waals surface area contributed by atoms with Crippen LogP contribution in [0, 0.1) is 4.91 Å². The standard InChI is InChI=1S/C7H9NO3/c9-7(10)5-2-1-3-6(4-5)8-11/h2,6H,1,3-4H2,(H,9,10). The molecule has 1 unspecified atom stereocenters. The Morgan fingerprint density at radius 3 is 3.00 bits per heavy atom. The molecule has 1 atom stereocenters. The lowest BCUT2D eigenvalue weighted by atomic mass is 9.96. The van der Waals surface area contributed by atoms with Gasteiger partial charge in [0.2, 0.25) is 0 Å². The Bertz CT molecular complexity index is 210. The van der Waals surface area contributed by atoms with Crippen molar-refractivity contribution in [2.75, 3.05) is 0 Å². The molecule has 0 bridgehead atoms. The van der Waals surface area contributed by atoms with Gasteiger partial charge in [0.25, 0.3) is 0 Å². The normalized spacial score (nSPS) is 24.0. The predicted octanol–water partition coefficient (Wildman–Crippen LogP) is 1.32. The van der Waals surface area contributed by atoms with Gasteiger partial charge in [-0.15, -0.1) is 0 Å². The summed E-state index contributed by atoms with van der Waals surface area (Å²) in [6, 6.07) is -0.328. The molecule has 0 aliphatic heterocycles. The van der Waals surface area contributed by atoms with Crippen molar-refractivity contribution in [3.05, 3.63) is 16.6 Å². The van der Waals surface area contributed by atoms with E-state index in [-0.39, 0.29) is 6.04 Å². The molecule has 0 fully saturated rings. The molecule has 0 spiro atoms. The van der Waals surface area contributed by atoms with Gasteiger partial charge >= 0.3 is 5.97 Å². The number of hydrogen-bond acceptors (Lipinski definition) is 3. The molecule has 0 radical (unpaired) electrons. The highest BCUT2D eigenvalue weighted by atomic mass is 16.4. The Labute approximate surface area is 63.9 Å². The van der Waals surface area contributed by atoms with Crippen molar-refractivity contribution >= 4 is 5.97 Å². The summed E-state index contributed by atoms with van der Waals surface area (Å²) in [5.41, 5.74) is 0.320. The first-order chi connectivity index (χ1) is 5.24. The third-order valence-corrected chi connectivity index (χ3v) is 1.77. The fourth-order valence-electron chi connectivity index (χ4n) is 1.15. The van der Waals surface area contributed by atoms with Crippen LogP contribution in [0.1, 0.15) is 19.3 Å². The highest BCUT2D eigenvalue weighted by Gasteiger charge is 2.19. The van der Waals surface area contributed by atoms with Gasteiger partial charge in [-0.25, -0.2) is 4.79 Å². The molecule has 0 saturated carbocycles. The van der Waals surface area contributed by atoms with E-state index in [0.717, 1.165) is 0 Å². The van der Waals surface area contributed by atoms with Crippen molar-refractivity contribution in [3.63, 3.8) is 0 Å². The van der Waals surface area contributed by atoms with E-state index in [1.54, 1.807) is 6.08 Å². The highest BCUT2D eigenvalue weighted by Crippen LogP contribution is 2.20. The summed E-state index contributed by atoms with van der Waals surface area (Å²) in [6.07, 6.45) is 3.28. The summed E-state index contributed by atoms with van der Waals surface area (Å²) in [5, 5.41) is 11.4. The third-order valence-electron chi connectivity index (χ3n) is 1.77. The first-order valence-corrected chi connectivity index (χ1v) is 3.49. The molecule has 0 heterocycles. The zero-order chi connectivity index (χ0) is 8.27. The molecule has 60 valence electrons. The SMILES string of the molecule is O=NC1CCC=C(C(=O)O)C1. The van der Waals surface area contributed by atoms with Crippen LogP contribution in [0.3, 0.4) is 0 Å². The molecule has 1 aliphatic rings. The predicted molar refractivity (Wildman–Crippen MR) is 39.2 cm³/mol. The minimum Gasteiger partial charge on any atom is -0.478 e. The average Bonchev–Trinajstić information content (AvgIpc) is 2.05. The third kappa shape index (κ3) is 1.86. The summed E-state index contributed by atoms with van der Waals surface area (Å²) >= 11 is 0. The van der Waals surface area contributed by atoms with Gasteiger partial charge in [-0.1, -0.05) is 11.3 Å². The molecule has 4 heteroatoms. The van der Waals surface area contributed by atoms with Crippen LogP contribution >= 0.6 is 0 Å². The van der Waals surface area contributed by atoms with Crippen LogP contribution in [0.2, 0.25) is 0 Å². The van der Waals surface area contributed by atoms with Crippen LogP contribution in [0.25, 0.3) is 0 Å². The quantitative estimate of drug-likeness (QED) is 0.611. The Morgan fingerprint density at radius 1 is 1.73 bits per heavy atom. The van der Waals surface area contributed by atoms with E-state index < -0.39 is 5.97 Å². The van der Waals surface area contributed by atoms with E-state index in [0.29, 0.717) is 24.8 Å². The van der Waals surface area contributed by atoms with Gasteiger partial charge in [0, 0.05) is 12.0 Å². The number of aliphatic carboxylic acids is 1. The smallest absolute Gasteiger partial charge is 0.331 e. The van der Waals surface area contributed by atoms with E-state index in [1.807, 2.05) is 0 Å². The van der Waals surface area contributed by atoms with Crippen molar-refractivity contribution in [1.29, 1.82) is 0 Å². The zero-order valence-corrected chi connectivity index (χ0v) is 5.99. The number of nitroso groups, excluding NO2 is 1. The highest BCUT2D eigenvalue weighted by molar-refractivity contribution is 5.86. The second-order valence-electron chi connectivity index (χ2n) is 2.58. The van der Waals surface area contributed by atoms with Crippen LogP contribution in [0.5, 0.6) is 0 Å². The largest absolute Gasteiger partial charge is 0.478 e.